The van der Waals surface area contributed by atoms with Gasteiger partial charge in [0.2, 0.25) is 0 Å². The zero-order chi connectivity index (χ0) is 38.1. The number of alkyl carbamates (subject to hydrolysis) is 2. The van der Waals surface area contributed by atoms with Gasteiger partial charge in [-0.05, 0) is 120 Å². The lowest BCUT2D eigenvalue weighted by Crippen LogP contribution is -2.41. The number of nitrogens with one attached hydrogen (secondary N) is 2. The number of amides is 2. The topological polar surface area (TPSA) is 154 Å². The second kappa shape index (κ2) is 14.7. The lowest BCUT2D eigenvalue weighted by Gasteiger charge is -2.32. The van der Waals surface area contributed by atoms with Crippen LogP contribution in [0.3, 0.4) is 0 Å². The van der Waals surface area contributed by atoms with Gasteiger partial charge in [-0.25, -0.2) is 9.59 Å². The first-order chi connectivity index (χ1) is 22.6. The Balaban J connectivity index is 0.000000270. The minimum absolute atomic E-state index is 0.0938. The average Bonchev–Trinajstić information content (AvgIpc) is 3.29. The number of benzene rings is 2. The van der Waals surface area contributed by atoms with Crippen molar-refractivity contribution in [1.82, 2.24) is 10.6 Å². The predicted molar refractivity (Wildman–Crippen MR) is 194 cm³/mol. The SMILES string of the molecule is CC(C)(C)OC(=O)NCc1cc(B2OC(C)(C)C(C)(C)O2)ccc1O.CC(C)(C)OC(=O)NCc1cc(B2OC(C)(C)C(C)(C)O2)ccc1O. The van der Waals surface area contributed by atoms with E-state index >= 15 is 0 Å². The monoisotopic (exact) mass is 698 g/mol. The van der Waals surface area contributed by atoms with E-state index in [4.69, 9.17) is 28.1 Å². The van der Waals surface area contributed by atoms with E-state index in [9.17, 15) is 19.8 Å². The molecule has 0 aromatic heterocycles. The Morgan fingerprint density at radius 1 is 0.600 bits per heavy atom. The summed E-state index contributed by atoms with van der Waals surface area (Å²) in [5, 5.41) is 25.4. The zero-order valence-corrected chi connectivity index (χ0v) is 32.2. The standard InChI is InChI=1S/2C18H28BNO5/c2*1-16(2,3)23-15(22)20-11-12-10-13(8-9-14(12)21)19-24-17(4,5)18(6,7)25-19/h2*8-10,21H,11H2,1-7H3,(H,20,22). The van der Waals surface area contributed by atoms with Crippen molar-refractivity contribution in [1.29, 1.82) is 0 Å². The van der Waals surface area contributed by atoms with Crippen LogP contribution in [0.5, 0.6) is 11.5 Å². The number of hydrogen-bond donors (Lipinski definition) is 4. The molecular weight excluding hydrogens is 642 g/mol. The number of carbonyl (C=O) groups is 2. The average molecular weight is 698 g/mol. The number of aromatic hydroxyl groups is 2. The first-order valence-corrected chi connectivity index (χ1v) is 16.9. The fourth-order valence-corrected chi connectivity index (χ4v) is 4.71. The quantitative estimate of drug-likeness (QED) is 0.287. The van der Waals surface area contributed by atoms with Gasteiger partial charge in [-0.15, -0.1) is 0 Å². The number of hydrogen-bond acceptors (Lipinski definition) is 10. The van der Waals surface area contributed by atoms with Crippen molar-refractivity contribution >= 4 is 37.3 Å². The predicted octanol–water partition coefficient (Wildman–Crippen LogP) is 5.43. The van der Waals surface area contributed by atoms with Crippen LogP contribution in [-0.4, -0.2) is 70.2 Å². The Morgan fingerprint density at radius 3 is 1.14 bits per heavy atom. The number of phenolic OH excluding ortho intramolecular Hbond substituents is 2. The molecule has 0 atom stereocenters. The lowest BCUT2D eigenvalue weighted by molar-refractivity contribution is 0.00578. The molecule has 2 saturated heterocycles. The molecule has 276 valence electrons. The number of phenols is 2. The molecule has 2 aromatic rings. The third kappa shape index (κ3) is 10.8. The van der Waals surface area contributed by atoms with Crippen LogP contribution < -0.4 is 21.6 Å². The van der Waals surface area contributed by atoms with E-state index in [1.165, 1.54) is 0 Å². The van der Waals surface area contributed by atoms with Gasteiger partial charge in [-0.2, -0.15) is 0 Å². The summed E-state index contributed by atoms with van der Waals surface area (Å²) in [6.07, 6.45) is -1.07. The molecule has 2 heterocycles. The maximum atomic E-state index is 11.8. The van der Waals surface area contributed by atoms with Gasteiger partial charge < -0.3 is 48.9 Å². The van der Waals surface area contributed by atoms with Crippen LogP contribution >= 0.6 is 0 Å². The Kier molecular flexibility index (Phi) is 12.0. The molecule has 0 saturated carbocycles. The van der Waals surface area contributed by atoms with Crippen LogP contribution in [0.25, 0.3) is 0 Å². The van der Waals surface area contributed by atoms with Gasteiger partial charge in [-0.1, -0.05) is 24.3 Å². The molecule has 0 aliphatic carbocycles. The van der Waals surface area contributed by atoms with Crippen molar-refractivity contribution < 1.29 is 47.9 Å². The van der Waals surface area contributed by atoms with Gasteiger partial charge in [0.25, 0.3) is 0 Å². The number of ether oxygens (including phenoxy) is 2. The molecule has 0 unspecified atom stereocenters. The molecule has 50 heavy (non-hydrogen) atoms. The number of carbonyl (C=O) groups excluding carboxylic acids is 2. The van der Waals surface area contributed by atoms with Crippen molar-refractivity contribution in [3.05, 3.63) is 47.5 Å². The van der Waals surface area contributed by atoms with Gasteiger partial charge in [0, 0.05) is 24.2 Å². The highest BCUT2D eigenvalue weighted by molar-refractivity contribution is 6.62. The maximum absolute atomic E-state index is 11.8. The van der Waals surface area contributed by atoms with Gasteiger partial charge in [-0.3, -0.25) is 0 Å². The van der Waals surface area contributed by atoms with E-state index in [0.717, 1.165) is 10.9 Å². The zero-order valence-electron chi connectivity index (χ0n) is 32.2. The smallest absolute Gasteiger partial charge is 0.494 e. The molecule has 2 aliphatic rings. The fourth-order valence-electron chi connectivity index (χ4n) is 4.71. The van der Waals surface area contributed by atoms with E-state index in [2.05, 4.69) is 10.6 Å². The Hall–Kier alpha value is -3.45. The summed E-state index contributed by atoms with van der Waals surface area (Å²) >= 11 is 0. The van der Waals surface area contributed by atoms with Crippen LogP contribution in [0.2, 0.25) is 0 Å². The van der Waals surface area contributed by atoms with Gasteiger partial charge >= 0.3 is 26.4 Å². The summed E-state index contributed by atoms with van der Waals surface area (Å²) in [4.78, 5) is 23.6. The normalized spacial score (nSPS) is 18.9. The molecule has 0 bridgehead atoms. The van der Waals surface area contributed by atoms with Crippen LogP contribution in [0.1, 0.15) is 108 Å². The second-order valence-electron chi connectivity index (χ2n) is 16.7. The highest BCUT2D eigenvalue weighted by Gasteiger charge is 2.52. The maximum Gasteiger partial charge on any atom is 0.494 e. The minimum atomic E-state index is -0.573. The third-order valence-electron chi connectivity index (χ3n) is 8.90. The second-order valence-corrected chi connectivity index (χ2v) is 16.7. The Morgan fingerprint density at radius 2 is 0.880 bits per heavy atom. The van der Waals surface area contributed by atoms with Gasteiger partial charge in [0.05, 0.1) is 22.4 Å². The van der Waals surface area contributed by atoms with Crippen molar-refractivity contribution in [2.45, 2.75) is 144 Å². The molecule has 12 nitrogen and oxygen atoms in total. The van der Waals surface area contributed by atoms with Crippen LogP contribution in [0.15, 0.2) is 36.4 Å². The van der Waals surface area contributed by atoms with E-state index in [0.29, 0.717) is 11.1 Å². The molecule has 4 rings (SSSR count). The molecule has 2 fully saturated rings. The van der Waals surface area contributed by atoms with Crippen molar-refractivity contribution in [2.24, 2.45) is 0 Å². The summed E-state index contributed by atoms with van der Waals surface area (Å²) in [5.74, 6) is 0.188. The highest BCUT2D eigenvalue weighted by Crippen LogP contribution is 2.38. The van der Waals surface area contributed by atoms with E-state index in [-0.39, 0.29) is 24.6 Å². The van der Waals surface area contributed by atoms with Crippen LogP contribution in [0.4, 0.5) is 9.59 Å². The highest BCUT2D eigenvalue weighted by atomic mass is 16.7. The van der Waals surface area contributed by atoms with Crippen molar-refractivity contribution in [3.8, 4) is 11.5 Å². The summed E-state index contributed by atoms with van der Waals surface area (Å²) < 4.78 is 34.5. The Labute approximate surface area is 298 Å². The molecule has 0 radical (unpaired) electrons. The molecular formula is C36H56B2N2O10. The summed E-state index contributed by atoms with van der Waals surface area (Å²) in [7, 11) is -1.04. The largest absolute Gasteiger partial charge is 0.508 e. The van der Waals surface area contributed by atoms with Crippen molar-refractivity contribution in [2.75, 3.05) is 0 Å². The Bertz CT molecular complexity index is 1380. The molecule has 2 aromatic carbocycles. The lowest BCUT2D eigenvalue weighted by atomic mass is 9.78. The summed E-state index contributed by atoms with van der Waals surface area (Å²) in [5.41, 5.74) is -0.192. The minimum Gasteiger partial charge on any atom is -0.508 e. The van der Waals surface area contributed by atoms with E-state index < -0.39 is 60.0 Å². The third-order valence-corrected chi connectivity index (χ3v) is 8.90. The molecule has 2 amide bonds. The summed E-state index contributed by atoms with van der Waals surface area (Å²) in [6, 6.07) is 10.2. The fraction of sp³-hybridized carbons (Fsp3) is 0.611. The van der Waals surface area contributed by atoms with Gasteiger partial charge in [0.1, 0.15) is 22.7 Å². The van der Waals surface area contributed by atoms with E-state index in [1.54, 1.807) is 77.9 Å². The van der Waals surface area contributed by atoms with E-state index in [1.807, 2.05) is 55.4 Å². The summed E-state index contributed by atoms with van der Waals surface area (Å²) in [6.45, 7) is 26.9. The van der Waals surface area contributed by atoms with Crippen molar-refractivity contribution in [3.63, 3.8) is 0 Å². The first-order valence-electron chi connectivity index (χ1n) is 16.9. The first kappa shape index (κ1) is 41.0. The molecule has 14 heteroatoms. The van der Waals surface area contributed by atoms with Crippen LogP contribution in [-0.2, 0) is 41.2 Å². The molecule has 0 spiro atoms. The number of rotatable bonds is 6. The molecule has 4 N–H and O–H groups in total. The van der Waals surface area contributed by atoms with Crippen LogP contribution in [0, 0.1) is 0 Å². The van der Waals surface area contributed by atoms with Gasteiger partial charge in [0.15, 0.2) is 0 Å². The molecule has 2 aliphatic heterocycles.